The molecule has 0 N–H and O–H groups in total. The zero-order valence-corrected chi connectivity index (χ0v) is 14.2. The third-order valence-electron chi connectivity index (χ3n) is 4.53. The molecule has 1 aromatic rings. The Kier molecular flexibility index (Phi) is 5.02. The summed E-state index contributed by atoms with van der Waals surface area (Å²) in [6.07, 6.45) is 5.95. The van der Waals surface area contributed by atoms with Crippen LogP contribution in [0.3, 0.4) is 0 Å². The fourth-order valence-corrected chi connectivity index (χ4v) is 4.00. The fraction of sp³-hybridized carbons (Fsp3) is 0.733. The molecular weight excluding hydrogens is 318 g/mol. The van der Waals surface area contributed by atoms with Gasteiger partial charge < -0.3 is 0 Å². The van der Waals surface area contributed by atoms with Crippen molar-refractivity contribution in [3.8, 4) is 0 Å². The molecular formula is C15H24BrN3O. The topological polar surface area (TPSA) is 38.1 Å². The molecule has 0 spiro atoms. The average molecular weight is 342 g/mol. The Morgan fingerprint density at radius 1 is 1.35 bits per heavy atom. The van der Waals surface area contributed by atoms with Crippen molar-refractivity contribution in [1.82, 2.24) is 14.7 Å². The fourth-order valence-electron chi connectivity index (χ4n) is 3.52. The van der Waals surface area contributed by atoms with Crippen LogP contribution in [0, 0.1) is 0 Å². The summed E-state index contributed by atoms with van der Waals surface area (Å²) in [5.41, 5.74) is 0.417. The SMILES string of the molecule is CCN(CC)C1(C(=O)c2c(Br)cnn2CC)CCCC1. The molecule has 0 amide bonds. The highest BCUT2D eigenvalue weighted by molar-refractivity contribution is 9.10. The molecule has 1 aliphatic carbocycles. The van der Waals surface area contributed by atoms with E-state index in [1.54, 1.807) is 6.20 Å². The summed E-state index contributed by atoms with van der Waals surface area (Å²) in [4.78, 5) is 15.6. The first-order valence-electron chi connectivity index (χ1n) is 7.61. The van der Waals surface area contributed by atoms with E-state index in [0.29, 0.717) is 0 Å². The van der Waals surface area contributed by atoms with Gasteiger partial charge in [0.15, 0.2) is 0 Å². The summed E-state index contributed by atoms with van der Waals surface area (Å²) >= 11 is 3.50. The van der Waals surface area contributed by atoms with E-state index < -0.39 is 0 Å². The van der Waals surface area contributed by atoms with Crippen LogP contribution in [0.1, 0.15) is 56.9 Å². The highest BCUT2D eigenvalue weighted by Gasteiger charge is 2.46. The minimum atomic E-state index is -0.320. The second-order valence-corrected chi connectivity index (χ2v) is 6.25. The number of carbonyl (C=O) groups is 1. The van der Waals surface area contributed by atoms with E-state index in [1.807, 2.05) is 11.6 Å². The molecule has 1 aromatic heterocycles. The number of aryl methyl sites for hydroxylation is 1. The molecule has 0 bridgehead atoms. The molecule has 112 valence electrons. The van der Waals surface area contributed by atoms with Gasteiger partial charge in [-0.05, 0) is 48.8 Å². The highest BCUT2D eigenvalue weighted by Crippen LogP contribution is 2.39. The standard InChI is InChI=1S/C15H24BrN3O/c1-4-18(5-2)15(9-7-8-10-15)14(20)13-12(16)11-17-19(13)6-3/h11H,4-10H2,1-3H3. The summed E-state index contributed by atoms with van der Waals surface area (Å²) < 4.78 is 2.64. The molecule has 1 aliphatic rings. The van der Waals surface area contributed by atoms with Crippen molar-refractivity contribution >= 4 is 21.7 Å². The van der Waals surface area contributed by atoms with Gasteiger partial charge >= 0.3 is 0 Å². The Labute approximate surface area is 129 Å². The number of halogens is 1. The number of likely N-dealkylation sites (N-methyl/N-ethyl adjacent to an activating group) is 1. The summed E-state index contributed by atoms with van der Waals surface area (Å²) in [6.45, 7) is 8.86. The van der Waals surface area contributed by atoms with E-state index in [9.17, 15) is 4.79 Å². The molecule has 5 heteroatoms. The van der Waals surface area contributed by atoms with Crippen LogP contribution in [0.4, 0.5) is 0 Å². The number of aromatic nitrogens is 2. The maximum Gasteiger partial charge on any atom is 0.202 e. The Morgan fingerprint density at radius 3 is 2.45 bits per heavy atom. The highest BCUT2D eigenvalue weighted by atomic mass is 79.9. The van der Waals surface area contributed by atoms with E-state index in [4.69, 9.17) is 0 Å². The number of rotatable bonds is 6. The van der Waals surface area contributed by atoms with Crippen molar-refractivity contribution in [1.29, 1.82) is 0 Å². The molecule has 0 unspecified atom stereocenters. The quantitative estimate of drug-likeness (QED) is 0.743. The lowest BCUT2D eigenvalue weighted by Gasteiger charge is -2.39. The molecule has 1 fully saturated rings. The molecule has 4 nitrogen and oxygen atoms in total. The van der Waals surface area contributed by atoms with Crippen LogP contribution >= 0.6 is 15.9 Å². The summed E-state index contributed by atoms with van der Waals surface area (Å²) in [6, 6.07) is 0. The monoisotopic (exact) mass is 341 g/mol. The van der Waals surface area contributed by atoms with Crippen molar-refractivity contribution < 1.29 is 4.79 Å². The molecule has 1 saturated carbocycles. The van der Waals surface area contributed by atoms with Crippen LogP contribution in [-0.4, -0.2) is 39.1 Å². The average Bonchev–Trinajstić information content (AvgIpc) is 3.07. The van der Waals surface area contributed by atoms with Crippen LogP contribution < -0.4 is 0 Å². The lowest BCUT2D eigenvalue weighted by molar-refractivity contribution is 0.0572. The van der Waals surface area contributed by atoms with Gasteiger partial charge in [0.25, 0.3) is 0 Å². The molecule has 1 heterocycles. The molecule has 0 aromatic carbocycles. The predicted molar refractivity (Wildman–Crippen MR) is 84.1 cm³/mol. The van der Waals surface area contributed by atoms with E-state index >= 15 is 0 Å². The van der Waals surface area contributed by atoms with E-state index in [1.165, 1.54) is 0 Å². The second kappa shape index (κ2) is 6.39. The zero-order valence-electron chi connectivity index (χ0n) is 12.7. The summed E-state index contributed by atoms with van der Waals surface area (Å²) in [5.74, 6) is 0.241. The number of ketones is 1. The van der Waals surface area contributed by atoms with Gasteiger partial charge in [0, 0.05) is 6.54 Å². The van der Waals surface area contributed by atoms with E-state index in [-0.39, 0.29) is 11.3 Å². The molecule has 0 atom stereocenters. The number of hydrogen-bond donors (Lipinski definition) is 0. The van der Waals surface area contributed by atoms with E-state index in [0.717, 1.165) is 55.5 Å². The minimum Gasteiger partial charge on any atom is -0.291 e. The Morgan fingerprint density at radius 2 is 1.95 bits per heavy atom. The Bertz CT molecular complexity index is 473. The normalized spacial score (nSPS) is 17.9. The van der Waals surface area contributed by atoms with Gasteiger partial charge in [0.1, 0.15) is 5.69 Å². The van der Waals surface area contributed by atoms with Gasteiger partial charge in [-0.15, -0.1) is 0 Å². The third-order valence-corrected chi connectivity index (χ3v) is 5.11. The second-order valence-electron chi connectivity index (χ2n) is 5.40. The van der Waals surface area contributed by atoms with Gasteiger partial charge in [-0.1, -0.05) is 26.7 Å². The zero-order chi connectivity index (χ0) is 14.8. The Balaban J connectivity index is 2.44. The van der Waals surface area contributed by atoms with Crippen LogP contribution in [0.15, 0.2) is 10.7 Å². The van der Waals surface area contributed by atoms with Crippen molar-refractivity contribution in [3.05, 3.63) is 16.4 Å². The van der Waals surface area contributed by atoms with Crippen molar-refractivity contribution in [2.75, 3.05) is 13.1 Å². The predicted octanol–water partition coefficient (Wildman–Crippen LogP) is 3.50. The first-order valence-corrected chi connectivity index (χ1v) is 8.41. The molecule has 0 radical (unpaired) electrons. The van der Waals surface area contributed by atoms with Crippen LogP contribution in [-0.2, 0) is 6.54 Å². The van der Waals surface area contributed by atoms with E-state index in [2.05, 4.69) is 39.8 Å². The summed E-state index contributed by atoms with van der Waals surface area (Å²) in [7, 11) is 0. The number of hydrogen-bond acceptors (Lipinski definition) is 3. The molecule has 0 saturated heterocycles. The largest absolute Gasteiger partial charge is 0.291 e. The number of Topliss-reactive ketones (excluding diaryl/α,β-unsaturated/α-hetero) is 1. The molecule has 20 heavy (non-hydrogen) atoms. The van der Waals surface area contributed by atoms with Gasteiger partial charge in [-0.2, -0.15) is 5.10 Å². The lowest BCUT2D eigenvalue weighted by atomic mass is 9.87. The van der Waals surface area contributed by atoms with Gasteiger partial charge in [-0.3, -0.25) is 14.4 Å². The molecule has 2 rings (SSSR count). The van der Waals surface area contributed by atoms with Gasteiger partial charge in [-0.25, -0.2) is 0 Å². The van der Waals surface area contributed by atoms with Crippen molar-refractivity contribution in [2.45, 2.75) is 58.5 Å². The lowest BCUT2D eigenvalue weighted by Crippen LogP contribution is -2.53. The first kappa shape index (κ1) is 15.7. The van der Waals surface area contributed by atoms with Gasteiger partial charge in [0.2, 0.25) is 5.78 Å². The number of nitrogens with zero attached hydrogens (tertiary/aromatic N) is 3. The minimum absolute atomic E-state index is 0.241. The third kappa shape index (κ3) is 2.46. The maximum atomic E-state index is 13.3. The van der Waals surface area contributed by atoms with Gasteiger partial charge in [0.05, 0.1) is 16.2 Å². The van der Waals surface area contributed by atoms with Crippen molar-refractivity contribution in [3.63, 3.8) is 0 Å². The van der Waals surface area contributed by atoms with Crippen LogP contribution in [0.25, 0.3) is 0 Å². The summed E-state index contributed by atoms with van der Waals surface area (Å²) in [5, 5.41) is 4.30. The van der Waals surface area contributed by atoms with Crippen LogP contribution in [0.5, 0.6) is 0 Å². The smallest absolute Gasteiger partial charge is 0.202 e. The van der Waals surface area contributed by atoms with Crippen LogP contribution in [0.2, 0.25) is 0 Å². The Hall–Kier alpha value is -0.680. The maximum absolute atomic E-state index is 13.3. The first-order chi connectivity index (χ1) is 9.60. The molecule has 0 aliphatic heterocycles. The number of carbonyl (C=O) groups excluding carboxylic acids is 1. The van der Waals surface area contributed by atoms with Crippen molar-refractivity contribution in [2.24, 2.45) is 0 Å².